The van der Waals surface area contributed by atoms with Crippen LogP contribution in [0.1, 0.15) is 12.8 Å². The fourth-order valence-corrected chi connectivity index (χ4v) is 0.728. The van der Waals surface area contributed by atoms with Crippen LogP contribution in [0.15, 0.2) is 0 Å². The van der Waals surface area contributed by atoms with Gasteiger partial charge in [-0.25, -0.2) is 0 Å². The van der Waals surface area contributed by atoms with Crippen LogP contribution in [0.3, 0.4) is 0 Å². The summed E-state index contributed by atoms with van der Waals surface area (Å²) in [5.41, 5.74) is 4.75. The smallest absolute Gasteiger partial charge is 0.0612 e. The zero-order chi connectivity index (χ0) is 8.04. The summed E-state index contributed by atoms with van der Waals surface area (Å²) in [5, 5.41) is 25.7. The summed E-state index contributed by atoms with van der Waals surface area (Å²) in [6.45, 7) is -0.317. The molecule has 4 heteroatoms. The molecule has 0 heterocycles. The number of aliphatic hydroxyl groups is 3. The highest BCUT2D eigenvalue weighted by Crippen LogP contribution is 2.09. The maximum Gasteiger partial charge on any atom is 0.0612 e. The quantitative estimate of drug-likeness (QED) is 0.381. The molecule has 0 atom stereocenters. The average Bonchev–Trinajstić information content (AvgIpc) is 1.89. The molecule has 62 valence electrons. The third-order valence-corrected chi connectivity index (χ3v) is 1.53. The largest absolute Gasteiger partial charge is 0.396 e. The van der Waals surface area contributed by atoms with Crippen LogP contribution in [-0.2, 0) is 0 Å². The number of nitrogens with two attached hydrogens (primary N) is 1. The Morgan fingerprint density at radius 1 is 1.00 bits per heavy atom. The summed E-state index contributed by atoms with van der Waals surface area (Å²) < 4.78 is 0. The molecule has 0 aliphatic carbocycles. The van der Waals surface area contributed by atoms with E-state index in [1.165, 1.54) is 0 Å². The molecule has 0 aromatic carbocycles. The Kier molecular flexibility index (Phi) is 4.55. The summed E-state index contributed by atoms with van der Waals surface area (Å²) in [5.74, 6) is 0. The maximum atomic E-state index is 8.70. The minimum absolute atomic E-state index is 0.0585. The van der Waals surface area contributed by atoms with Crippen LogP contribution >= 0.6 is 0 Å². The third-order valence-electron chi connectivity index (χ3n) is 1.53. The van der Waals surface area contributed by atoms with E-state index in [-0.39, 0.29) is 19.8 Å². The zero-order valence-corrected chi connectivity index (χ0v) is 5.95. The van der Waals surface area contributed by atoms with Gasteiger partial charge in [0.25, 0.3) is 0 Å². The molecular weight excluding hydrogens is 134 g/mol. The first kappa shape index (κ1) is 9.84. The Morgan fingerprint density at radius 2 is 1.40 bits per heavy atom. The Labute approximate surface area is 60.3 Å². The van der Waals surface area contributed by atoms with Crippen LogP contribution in [0.5, 0.6) is 0 Å². The van der Waals surface area contributed by atoms with E-state index in [1.807, 2.05) is 0 Å². The van der Waals surface area contributed by atoms with Gasteiger partial charge in [-0.05, 0) is 12.8 Å². The summed E-state index contributed by atoms with van der Waals surface area (Å²) in [6.07, 6.45) is 0.647. The summed E-state index contributed by atoms with van der Waals surface area (Å²) in [4.78, 5) is 0. The van der Waals surface area contributed by atoms with Crippen molar-refractivity contribution in [3.8, 4) is 0 Å². The van der Waals surface area contributed by atoms with E-state index in [9.17, 15) is 0 Å². The van der Waals surface area contributed by atoms with Gasteiger partial charge in [-0.1, -0.05) is 0 Å². The van der Waals surface area contributed by atoms with Gasteiger partial charge in [-0.2, -0.15) is 0 Å². The van der Waals surface area contributed by atoms with Gasteiger partial charge in [0.2, 0.25) is 0 Å². The Morgan fingerprint density at radius 3 is 1.60 bits per heavy atom. The first-order chi connectivity index (χ1) is 4.68. The van der Waals surface area contributed by atoms with Gasteiger partial charge in [0.15, 0.2) is 0 Å². The zero-order valence-electron chi connectivity index (χ0n) is 5.95. The molecule has 0 amide bonds. The van der Waals surface area contributed by atoms with E-state index >= 15 is 0 Å². The number of hydrogen-bond acceptors (Lipinski definition) is 4. The molecule has 0 radical (unpaired) electrons. The van der Waals surface area contributed by atoms with Crippen LogP contribution in [-0.4, -0.2) is 40.7 Å². The monoisotopic (exact) mass is 149 g/mol. The lowest BCUT2D eigenvalue weighted by atomic mass is 9.94. The SMILES string of the molecule is NC(CO)(CCO)CCO. The van der Waals surface area contributed by atoms with Gasteiger partial charge in [-0.3, -0.25) is 0 Å². The van der Waals surface area contributed by atoms with E-state index in [0.717, 1.165) is 0 Å². The molecule has 10 heavy (non-hydrogen) atoms. The van der Waals surface area contributed by atoms with E-state index in [0.29, 0.717) is 12.8 Å². The van der Waals surface area contributed by atoms with Gasteiger partial charge in [-0.15, -0.1) is 0 Å². The Hall–Kier alpha value is -0.160. The van der Waals surface area contributed by atoms with Gasteiger partial charge in [0, 0.05) is 18.8 Å². The second-order valence-corrected chi connectivity index (χ2v) is 2.47. The minimum Gasteiger partial charge on any atom is -0.396 e. The number of hydrogen-bond donors (Lipinski definition) is 4. The molecule has 0 spiro atoms. The van der Waals surface area contributed by atoms with Gasteiger partial charge in [0.1, 0.15) is 0 Å². The Balaban J connectivity index is 3.69. The second-order valence-electron chi connectivity index (χ2n) is 2.47. The maximum absolute atomic E-state index is 8.70. The summed E-state index contributed by atoms with van der Waals surface area (Å²) in [7, 11) is 0. The van der Waals surface area contributed by atoms with E-state index in [1.54, 1.807) is 0 Å². The lowest BCUT2D eigenvalue weighted by Gasteiger charge is -2.24. The molecule has 0 saturated carbocycles. The van der Waals surface area contributed by atoms with Crippen molar-refractivity contribution in [3.05, 3.63) is 0 Å². The highest BCUT2D eigenvalue weighted by atomic mass is 16.3. The van der Waals surface area contributed by atoms with Crippen LogP contribution in [0.2, 0.25) is 0 Å². The predicted molar refractivity (Wildman–Crippen MR) is 37.4 cm³/mol. The van der Waals surface area contributed by atoms with Crippen molar-refractivity contribution in [2.75, 3.05) is 19.8 Å². The molecular formula is C6H15NO3. The van der Waals surface area contributed by atoms with Crippen molar-refractivity contribution in [1.82, 2.24) is 0 Å². The van der Waals surface area contributed by atoms with Gasteiger partial charge >= 0.3 is 0 Å². The van der Waals surface area contributed by atoms with E-state index < -0.39 is 5.54 Å². The standard InChI is InChI=1S/C6H15NO3/c7-6(5-10,1-3-8)2-4-9/h8-10H,1-5,7H2. The van der Waals surface area contributed by atoms with E-state index in [4.69, 9.17) is 21.1 Å². The molecule has 0 aliphatic rings. The first-order valence-corrected chi connectivity index (χ1v) is 3.30. The molecule has 0 rings (SSSR count). The first-order valence-electron chi connectivity index (χ1n) is 3.30. The highest BCUT2D eigenvalue weighted by Gasteiger charge is 2.21. The van der Waals surface area contributed by atoms with Crippen molar-refractivity contribution in [2.45, 2.75) is 18.4 Å². The Bertz CT molecular complexity index is 81.1. The highest BCUT2D eigenvalue weighted by molar-refractivity contribution is 4.82. The molecule has 0 aromatic heterocycles. The lowest BCUT2D eigenvalue weighted by Crippen LogP contribution is -2.45. The molecule has 0 aliphatic heterocycles. The fraction of sp³-hybridized carbons (Fsp3) is 1.00. The fourth-order valence-electron chi connectivity index (χ4n) is 0.728. The van der Waals surface area contributed by atoms with Crippen LogP contribution in [0.25, 0.3) is 0 Å². The van der Waals surface area contributed by atoms with Gasteiger partial charge < -0.3 is 21.1 Å². The molecule has 0 fully saturated rings. The minimum atomic E-state index is -0.802. The number of rotatable bonds is 5. The molecule has 0 saturated heterocycles. The van der Waals surface area contributed by atoms with Crippen molar-refractivity contribution in [2.24, 2.45) is 5.73 Å². The van der Waals surface area contributed by atoms with Crippen molar-refractivity contribution >= 4 is 0 Å². The third kappa shape index (κ3) is 3.12. The van der Waals surface area contributed by atoms with Crippen LogP contribution in [0.4, 0.5) is 0 Å². The van der Waals surface area contributed by atoms with E-state index in [2.05, 4.69) is 0 Å². The van der Waals surface area contributed by atoms with Gasteiger partial charge in [0.05, 0.1) is 6.61 Å². The molecule has 4 nitrogen and oxygen atoms in total. The van der Waals surface area contributed by atoms with Crippen LogP contribution < -0.4 is 5.73 Å². The topological polar surface area (TPSA) is 86.7 Å². The number of aliphatic hydroxyl groups excluding tert-OH is 3. The second kappa shape index (κ2) is 4.62. The van der Waals surface area contributed by atoms with Crippen molar-refractivity contribution in [1.29, 1.82) is 0 Å². The average molecular weight is 149 g/mol. The summed E-state index contributed by atoms with van der Waals surface area (Å²) in [6, 6.07) is 0. The summed E-state index contributed by atoms with van der Waals surface area (Å²) >= 11 is 0. The molecule has 0 unspecified atom stereocenters. The van der Waals surface area contributed by atoms with Crippen molar-refractivity contribution in [3.63, 3.8) is 0 Å². The lowest BCUT2D eigenvalue weighted by molar-refractivity contribution is 0.127. The normalized spacial score (nSPS) is 12.0. The molecule has 0 aromatic rings. The predicted octanol–water partition coefficient (Wildman–Crippen LogP) is -1.56. The van der Waals surface area contributed by atoms with Crippen molar-refractivity contribution < 1.29 is 15.3 Å². The van der Waals surface area contributed by atoms with Crippen LogP contribution in [0, 0.1) is 0 Å². The molecule has 0 bridgehead atoms. The molecule has 5 N–H and O–H groups in total.